The number of amides is 1. The number of nitrogens with one attached hydrogen (secondary N) is 1. The molecule has 2 heterocycles. The van der Waals surface area contributed by atoms with E-state index in [1.807, 2.05) is 6.07 Å². The summed E-state index contributed by atoms with van der Waals surface area (Å²) in [5, 5.41) is 12.6. The van der Waals surface area contributed by atoms with Crippen LogP contribution in [0.3, 0.4) is 0 Å². The molecular weight excluding hydrogens is 370 g/mol. The van der Waals surface area contributed by atoms with Crippen molar-refractivity contribution in [2.24, 2.45) is 5.92 Å². The number of carbonyl (C=O) groups is 1. The van der Waals surface area contributed by atoms with E-state index in [0.717, 1.165) is 30.7 Å². The Labute approximate surface area is 149 Å². The van der Waals surface area contributed by atoms with Gasteiger partial charge in [0.15, 0.2) is 0 Å². The fourth-order valence-electron chi connectivity index (χ4n) is 3.31. The van der Waals surface area contributed by atoms with Crippen LogP contribution >= 0.6 is 15.9 Å². The van der Waals surface area contributed by atoms with Crippen LogP contribution in [0, 0.1) is 17.2 Å². The monoisotopic (exact) mass is 387 g/mol. The molecule has 1 aromatic carbocycles. The summed E-state index contributed by atoms with van der Waals surface area (Å²) in [5.74, 6) is 0.445. The molecule has 0 spiro atoms. The summed E-state index contributed by atoms with van der Waals surface area (Å²) in [5.41, 5.74) is 2.84. The average Bonchev–Trinajstić information content (AvgIpc) is 2.60. The summed E-state index contributed by atoms with van der Waals surface area (Å²) >= 11 is 3.19. The van der Waals surface area contributed by atoms with Gasteiger partial charge in [-0.05, 0) is 24.5 Å². The number of anilines is 1. The van der Waals surface area contributed by atoms with Crippen LogP contribution in [0.4, 0.5) is 5.69 Å². The molecule has 1 saturated heterocycles. The normalized spacial score (nSPS) is 20.6. The van der Waals surface area contributed by atoms with Crippen LogP contribution in [-0.4, -0.2) is 40.3 Å². The summed E-state index contributed by atoms with van der Waals surface area (Å²) in [7, 11) is 0. The molecule has 2 atom stereocenters. The van der Waals surface area contributed by atoms with Gasteiger partial charge in [0.05, 0.1) is 16.6 Å². The lowest BCUT2D eigenvalue weighted by Crippen LogP contribution is -2.50. The second-order valence-corrected chi connectivity index (χ2v) is 6.70. The van der Waals surface area contributed by atoms with Gasteiger partial charge in [0.25, 0.3) is 0 Å². The highest BCUT2D eigenvalue weighted by molar-refractivity contribution is 9.09. The molecular formula is C17H18BrN5O. The number of hydrogen-bond acceptors (Lipinski definition) is 5. The van der Waals surface area contributed by atoms with Gasteiger partial charge in [-0.3, -0.25) is 14.8 Å². The number of carbonyl (C=O) groups excluding carboxylic acids is 1. The van der Waals surface area contributed by atoms with Crippen LogP contribution < -0.4 is 10.2 Å². The first-order chi connectivity index (χ1) is 11.6. The Balaban J connectivity index is 1.95. The van der Waals surface area contributed by atoms with Gasteiger partial charge in [0.2, 0.25) is 5.91 Å². The Morgan fingerprint density at radius 3 is 2.83 bits per heavy atom. The first kappa shape index (κ1) is 16.7. The van der Waals surface area contributed by atoms with Crippen molar-refractivity contribution in [3.05, 3.63) is 30.1 Å². The number of benzene rings is 1. The maximum absolute atomic E-state index is 11.7. The standard InChI is InChI=1S/C17H18BrN5O/c1-11-6-13(22-15(24)7-18)10-23(9-11)14-3-2-12(8-19)16-17(14)21-5-4-20-16/h2-5,11,13H,6-7,9-10H2,1H3,(H,22,24). The molecule has 1 fully saturated rings. The SMILES string of the molecule is CC1CC(NC(=O)CBr)CN(c2ccc(C#N)c3nccnc23)C1. The highest BCUT2D eigenvalue weighted by Crippen LogP contribution is 2.30. The van der Waals surface area contributed by atoms with Gasteiger partial charge in [-0.1, -0.05) is 22.9 Å². The third-order valence-corrected chi connectivity index (χ3v) is 4.72. The molecule has 24 heavy (non-hydrogen) atoms. The second-order valence-electron chi connectivity index (χ2n) is 6.14. The molecule has 1 aliphatic heterocycles. The van der Waals surface area contributed by atoms with E-state index in [9.17, 15) is 10.1 Å². The largest absolute Gasteiger partial charge is 0.367 e. The Morgan fingerprint density at radius 2 is 2.12 bits per heavy atom. The number of nitriles is 1. The number of nitrogens with zero attached hydrogens (tertiary/aromatic N) is 4. The molecule has 0 aliphatic carbocycles. The van der Waals surface area contributed by atoms with Gasteiger partial charge in [-0.25, -0.2) is 0 Å². The molecule has 0 radical (unpaired) electrons. The predicted molar refractivity (Wildman–Crippen MR) is 96.0 cm³/mol. The molecule has 2 aromatic rings. The number of aromatic nitrogens is 2. The third kappa shape index (κ3) is 3.34. The summed E-state index contributed by atoms with van der Waals surface area (Å²) in [6, 6.07) is 5.98. The quantitative estimate of drug-likeness (QED) is 0.816. The fraction of sp³-hybridized carbons (Fsp3) is 0.412. The number of fused-ring (bicyclic) bond motifs is 1. The molecule has 1 N–H and O–H groups in total. The average molecular weight is 388 g/mol. The highest BCUT2D eigenvalue weighted by Gasteiger charge is 2.27. The van der Waals surface area contributed by atoms with Crippen LogP contribution in [0.5, 0.6) is 0 Å². The minimum Gasteiger partial charge on any atom is -0.367 e. The number of alkyl halides is 1. The number of halogens is 1. The van der Waals surface area contributed by atoms with Gasteiger partial charge < -0.3 is 10.2 Å². The second kappa shape index (κ2) is 7.14. The van der Waals surface area contributed by atoms with Crippen molar-refractivity contribution in [1.29, 1.82) is 5.26 Å². The molecule has 0 saturated carbocycles. The molecule has 6 nitrogen and oxygen atoms in total. The van der Waals surface area contributed by atoms with E-state index >= 15 is 0 Å². The van der Waals surface area contributed by atoms with Crippen molar-refractivity contribution in [2.45, 2.75) is 19.4 Å². The van der Waals surface area contributed by atoms with Crippen molar-refractivity contribution in [3.8, 4) is 6.07 Å². The minimum atomic E-state index is -0.00136. The number of piperidine rings is 1. The maximum atomic E-state index is 11.7. The van der Waals surface area contributed by atoms with Gasteiger partial charge in [0, 0.05) is 31.5 Å². The maximum Gasteiger partial charge on any atom is 0.230 e. The predicted octanol–water partition coefficient (Wildman–Crippen LogP) is 2.23. The first-order valence-corrected chi connectivity index (χ1v) is 8.98. The molecule has 1 aromatic heterocycles. The number of hydrogen-bond donors (Lipinski definition) is 1. The number of rotatable bonds is 3. The van der Waals surface area contributed by atoms with Crippen LogP contribution in [-0.2, 0) is 4.79 Å². The van der Waals surface area contributed by atoms with Crippen molar-refractivity contribution >= 4 is 38.6 Å². The van der Waals surface area contributed by atoms with E-state index in [1.54, 1.807) is 18.5 Å². The molecule has 1 aliphatic rings. The van der Waals surface area contributed by atoms with Crippen molar-refractivity contribution < 1.29 is 4.79 Å². The van der Waals surface area contributed by atoms with Crippen molar-refractivity contribution in [3.63, 3.8) is 0 Å². The van der Waals surface area contributed by atoms with E-state index in [1.165, 1.54) is 0 Å². The van der Waals surface area contributed by atoms with E-state index < -0.39 is 0 Å². The van der Waals surface area contributed by atoms with Gasteiger partial charge in [0.1, 0.15) is 17.1 Å². The van der Waals surface area contributed by atoms with E-state index in [-0.39, 0.29) is 11.9 Å². The van der Waals surface area contributed by atoms with Crippen LogP contribution in [0.1, 0.15) is 18.9 Å². The van der Waals surface area contributed by atoms with E-state index in [0.29, 0.717) is 22.3 Å². The van der Waals surface area contributed by atoms with Gasteiger partial charge >= 0.3 is 0 Å². The topological polar surface area (TPSA) is 81.9 Å². The Hall–Kier alpha value is -2.20. The van der Waals surface area contributed by atoms with Gasteiger partial charge in [-0.15, -0.1) is 0 Å². The smallest absolute Gasteiger partial charge is 0.230 e. The third-order valence-electron chi connectivity index (χ3n) is 4.21. The lowest BCUT2D eigenvalue weighted by Gasteiger charge is -2.38. The Kier molecular flexibility index (Phi) is 4.95. The zero-order chi connectivity index (χ0) is 17.1. The van der Waals surface area contributed by atoms with E-state index in [2.05, 4.69) is 49.1 Å². The fourth-order valence-corrected chi connectivity index (χ4v) is 3.47. The Morgan fingerprint density at radius 1 is 1.38 bits per heavy atom. The lowest BCUT2D eigenvalue weighted by atomic mass is 9.95. The summed E-state index contributed by atoms with van der Waals surface area (Å²) in [6.45, 7) is 3.79. The van der Waals surface area contributed by atoms with Crippen LogP contribution in [0.25, 0.3) is 11.0 Å². The van der Waals surface area contributed by atoms with Crippen LogP contribution in [0.2, 0.25) is 0 Å². The molecule has 124 valence electrons. The zero-order valence-electron chi connectivity index (χ0n) is 13.4. The minimum absolute atomic E-state index is 0.00136. The zero-order valence-corrected chi connectivity index (χ0v) is 15.0. The molecule has 1 amide bonds. The Bertz CT molecular complexity index is 803. The first-order valence-electron chi connectivity index (χ1n) is 7.86. The molecule has 0 bridgehead atoms. The lowest BCUT2D eigenvalue weighted by molar-refractivity contribution is -0.119. The van der Waals surface area contributed by atoms with Gasteiger partial charge in [-0.2, -0.15) is 5.26 Å². The van der Waals surface area contributed by atoms with Crippen molar-refractivity contribution in [2.75, 3.05) is 23.3 Å². The van der Waals surface area contributed by atoms with E-state index in [4.69, 9.17) is 0 Å². The molecule has 2 unspecified atom stereocenters. The summed E-state index contributed by atoms with van der Waals surface area (Å²) in [4.78, 5) is 22.7. The summed E-state index contributed by atoms with van der Waals surface area (Å²) in [6.07, 6.45) is 4.20. The molecule has 7 heteroatoms. The van der Waals surface area contributed by atoms with Crippen LogP contribution in [0.15, 0.2) is 24.5 Å². The highest BCUT2D eigenvalue weighted by atomic mass is 79.9. The summed E-state index contributed by atoms with van der Waals surface area (Å²) < 4.78 is 0. The van der Waals surface area contributed by atoms with Crippen molar-refractivity contribution in [1.82, 2.24) is 15.3 Å². The molecule has 3 rings (SSSR count).